The molecule has 1 aromatic carbocycles. The Kier molecular flexibility index (Phi) is 4.61. The van der Waals surface area contributed by atoms with Crippen LogP contribution in [0.5, 0.6) is 0 Å². The Bertz CT molecular complexity index is 702. The number of amides is 2. The maximum absolute atomic E-state index is 12.3. The van der Waals surface area contributed by atoms with E-state index in [1.807, 2.05) is 37.3 Å². The minimum absolute atomic E-state index is 0.00677. The molecule has 7 nitrogen and oxygen atoms in total. The van der Waals surface area contributed by atoms with Crippen molar-refractivity contribution in [3.05, 3.63) is 54.1 Å². The van der Waals surface area contributed by atoms with Crippen molar-refractivity contribution in [1.82, 2.24) is 20.2 Å². The lowest BCUT2D eigenvalue weighted by Crippen LogP contribution is -2.45. The number of carbonyl (C=O) groups excluding carboxylic acids is 2. The Balaban J connectivity index is 1.63. The second kappa shape index (κ2) is 6.84. The fraction of sp³-hybridized carbons (Fsp3) is 0.353. The molecule has 1 aliphatic rings. The van der Waals surface area contributed by atoms with Gasteiger partial charge in [0.25, 0.3) is 5.91 Å². The van der Waals surface area contributed by atoms with E-state index in [-0.39, 0.29) is 24.4 Å². The molecule has 1 aliphatic heterocycles. The zero-order valence-corrected chi connectivity index (χ0v) is 13.3. The van der Waals surface area contributed by atoms with E-state index >= 15 is 0 Å². The van der Waals surface area contributed by atoms with Crippen molar-refractivity contribution in [3.63, 3.8) is 0 Å². The van der Waals surface area contributed by atoms with Crippen molar-refractivity contribution >= 4 is 11.8 Å². The first-order chi connectivity index (χ1) is 11.6. The highest BCUT2D eigenvalue weighted by Gasteiger charge is 2.38. The molecular weight excluding hydrogens is 308 g/mol. The third-order valence-corrected chi connectivity index (χ3v) is 4.37. The maximum Gasteiger partial charge on any atom is 0.255 e. The van der Waals surface area contributed by atoms with Crippen LogP contribution in [0.25, 0.3) is 0 Å². The van der Waals surface area contributed by atoms with E-state index in [2.05, 4.69) is 15.3 Å². The number of rotatable bonds is 5. The molecule has 3 unspecified atom stereocenters. The number of imidazole rings is 1. The molecule has 1 aromatic heterocycles. The SMILES string of the molecule is CC1C(NC(=O)C(O)c2cnc[nH]2)CC(=O)N1Cc1ccccc1. The maximum atomic E-state index is 12.3. The summed E-state index contributed by atoms with van der Waals surface area (Å²) in [6, 6.07) is 9.25. The molecule has 3 atom stereocenters. The lowest BCUT2D eigenvalue weighted by Gasteiger charge is -2.25. The van der Waals surface area contributed by atoms with Crippen LogP contribution in [0, 0.1) is 0 Å². The monoisotopic (exact) mass is 328 g/mol. The van der Waals surface area contributed by atoms with Gasteiger partial charge in [-0.25, -0.2) is 4.98 Å². The number of aromatic nitrogens is 2. The van der Waals surface area contributed by atoms with Crippen LogP contribution in [0.2, 0.25) is 0 Å². The lowest BCUT2D eigenvalue weighted by molar-refractivity contribution is -0.130. The van der Waals surface area contributed by atoms with Gasteiger partial charge in [-0.15, -0.1) is 0 Å². The number of aliphatic hydroxyl groups excluding tert-OH is 1. The second-order valence-electron chi connectivity index (χ2n) is 5.98. The molecule has 0 radical (unpaired) electrons. The number of carbonyl (C=O) groups is 2. The molecule has 1 saturated heterocycles. The quantitative estimate of drug-likeness (QED) is 0.754. The number of nitrogens with zero attached hydrogens (tertiary/aromatic N) is 2. The first kappa shape index (κ1) is 16.2. The number of likely N-dealkylation sites (tertiary alicyclic amines) is 1. The van der Waals surface area contributed by atoms with Crippen LogP contribution in [0.15, 0.2) is 42.9 Å². The zero-order valence-electron chi connectivity index (χ0n) is 13.3. The number of benzene rings is 1. The molecule has 0 saturated carbocycles. The molecule has 3 rings (SSSR count). The minimum atomic E-state index is -1.32. The van der Waals surface area contributed by atoms with Crippen LogP contribution in [-0.4, -0.2) is 43.9 Å². The third-order valence-electron chi connectivity index (χ3n) is 4.37. The van der Waals surface area contributed by atoms with Gasteiger partial charge in [0.2, 0.25) is 5.91 Å². The average Bonchev–Trinajstić information content (AvgIpc) is 3.20. The van der Waals surface area contributed by atoms with E-state index in [0.29, 0.717) is 12.2 Å². The molecule has 0 bridgehead atoms. The Morgan fingerprint density at radius 3 is 2.88 bits per heavy atom. The summed E-state index contributed by atoms with van der Waals surface area (Å²) in [6.45, 7) is 2.41. The number of H-pyrrole nitrogens is 1. The zero-order chi connectivity index (χ0) is 17.1. The van der Waals surface area contributed by atoms with Gasteiger partial charge in [-0.1, -0.05) is 30.3 Å². The Labute approximate surface area is 139 Å². The van der Waals surface area contributed by atoms with Crippen molar-refractivity contribution in [3.8, 4) is 0 Å². The van der Waals surface area contributed by atoms with E-state index < -0.39 is 12.0 Å². The van der Waals surface area contributed by atoms with Crippen LogP contribution in [0.3, 0.4) is 0 Å². The molecular formula is C17H20N4O3. The Morgan fingerprint density at radius 1 is 1.46 bits per heavy atom. The Hall–Kier alpha value is -2.67. The average molecular weight is 328 g/mol. The summed E-state index contributed by atoms with van der Waals surface area (Å²) in [4.78, 5) is 32.7. The van der Waals surface area contributed by atoms with Gasteiger partial charge < -0.3 is 20.3 Å². The molecule has 2 amide bonds. The van der Waals surface area contributed by atoms with E-state index in [1.165, 1.54) is 12.5 Å². The first-order valence-corrected chi connectivity index (χ1v) is 7.86. The highest BCUT2D eigenvalue weighted by molar-refractivity contribution is 5.85. The minimum Gasteiger partial charge on any atom is -0.377 e. The molecule has 24 heavy (non-hydrogen) atoms. The number of nitrogens with one attached hydrogen (secondary N) is 2. The highest BCUT2D eigenvalue weighted by atomic mass is 16.3. The van der Waals surface area contributed by atoms with E-state index in [4.69, 9.17) is 0 Å². The van der Waals surface area contributed by atoms with Crippen LogP contribution in [0.1, 0.15) is 30.7 Å². The van der Waals surface area contributed by atoms with Gasteiger partial charge in [0, 0.05) is 19.0 Å². The topological polar surface area (TPSA) is 98.3 Å². The summed E-state index contributed by atoms with van der Waals surface area (Å²) >= 11 is 0. The van der Waals surface area contributed by atoms with Gasteiger partial charge in [0.15, 0.2) is 6.10 Å². The molecule has 2 heterocycles. The Morgan fingerprint density at radius 2 is 2.21 bits per heavy atom. The van der Waals surface area contributed by atoms with Crippen LogP contribution < -0.4 is 5.32 Å². The lowest BCUT2D eigenvalue weighted by atomic mass is 10.1. The molecule has 126 valence electrons. The van der Waals surface area contributed by atoms with Crippen molar-refractivity contribution in [2.24, 2.45) is 0 Å². The normalized spacial score (nSPS) is 21.8. The van der Waals surface area contributed by atoms with Gasteiger partial charge in [0.1, 0.15) is 0 Å². The number of aliphatic hydroxyl groups is 1. The number of hydrogen-bond acceptors (Lipinski definition) is 4. The summed E-state index contributed by atoms with van der Waals surface area (Å²) < 4.78 is 0. The van der Waals surface area contributed by atoms with E-state index in [0.717, 1.165) is 5.56 Å². The highest BCUT2D eigenvalue weighted by Crippen LogP contribution is 2.22. The molecule has 7 heteroatoms. The molecule has 3 N–H and O–H groups in total. The van der Waals surface area contributed by atoms with Crippen LogP contribution >= 0.6 is 0 Å². The number of hydrogen-bond donors (Lipinski definition) is 3. The number of aromatic amines is 1. The molecule has 2 aromatic rings. The predicted molar refractivity (Wildman–Crippen MR) is 86.5 cm³/mol. The largest absolute Gasteiger partial charge is 0.377 e. The standard InChI is InChI=1S/C17H20N4O3/c1-11-13(20-17(24)16(23)14-8-18-10-19-14)7-15(22)21(11)9-12-5-3-2-4-6-12/h2-6,8,10-11,13,16,23H,7,9H2,1H3,(H,18,19)(H,20,24). The fourth-order valence-electron chi connectivity index (χ4n) is 2.92. The van der Waals surface area contributed by atoms with Gasteiger partial charge in [-0.2, -0.15) is 0 Å². The summed E-state index contributed by atoms with van der Waals surface area (Å²) in [5, 5.41) is 12.8. The predicted octanol–water partition coefficient (Wildman–Crippen LogP) is 0.749. The van der Waals surface area contributed by atoms with Crippen molar-refractivity contribution < 1.29 is 14.7 Å². The van der Waals surface area contributed by atoms with Crippen LogP contribution in [0.4, 0.5) is 0 Å². The van der Waals surface area contributed by atoms with Gasteiger partial charge in [-0.05, 0) is 12.5 Å². The molecule has 1 fully saturated rings. The van der Waals surface area contributed by atoms with Gasteiger partial charge >= 0.3 is 0 Å². The van der Waals surface area contributed by atoms with Crippen molar-refractivity contribution in [1.29, 1.82) is 0 Å². The molecule has 0 spiro atoms. The summed E-state index contributed by atoms with van der Waals surface area (Å²) in [5.41, 5.74) is 1.37. The summed E-state index contributed by atoms with van der Waals surface area (Å²) in [6.07, 6.45) is 1.71. The molecule has 0 aliphatic carbocycles. The van der Waals surface area contributed by atoms with Crippen molar-refractivity contribution in [2.75, 3.05) is 0 Å². The van der Waals surface area contributed by atoms with E-state index in [1.54, 1.807) is 4.90 Å². The first-order valence-electron chi connectivity index (χ1n) is 7.86. The van der Waals surface area contributed by atoms with Gasteiger partial charge in [-0.3, -0.25) is 9.59 Å². The van der Waals surface area contributed by atoms with Crippen LogP contribution in [-0.2, 0) is 16.1 Å². The summed E-state index contributed by atoms with van der Waals surface area (Å²) in [7, 11) is 0. The fourth-order valence-corrected chi connectivity index (χ4v) is 2.92. The van der Waals surface area contributed by atoms with Gasteiger partial charge in [0.05, 0.1) is 24.3 Å². The van der Waals surface area contributed by atoms with E-state index in [9.17, 15) is 14.7 Å². The third kappa shape index (κ3) is 3.30. The van der Waals surface area contributed by atoms with Crippen molar-refractivity contribution in [2.45, 2.75) is 38.1 Å². The smallest absolute Gasteiger partial charge is 0.255 e. The second-order valence-corrected chi connectivity index (χ2v) is 5.98. The summed E-state index contributed by atoms with van der Waals surface area (Å²) in [5.74, 6) is -0.543.